The Morgan fingerprint density at radius 2 is 1.73 bits per heavy atom. The number of hydrogen-bond acceptors (Lipinski definition) is 4. The van der Waals surface area contributed by atoms with Gasteiger partial charge in [-0.05, 0) is 44.3 Å². The Labute approximate surface area is 156 Å². The van der Waals surface area contributed by atoms with E-state index in [1.165, 1.54) is 5.56 Å². The van der Waals surface area contributed by atoms with Crippen molar-refractivity contribution >= 4 is 5.91 Å². The SMILES string of the molecule is O=C(C1CCN(C2CCOCC2)CC1)N1CCN[C@H](c2ccccc2)C1. The van der Waals surface area contributed by atoms with Gasteiger partial charge in [0.15, 0.2) is 0 Å². The molecule has 0 radical (unpaired) electrons. The lowest BCUT2D eigenvalue weighted by Crippen LogP contribution is -2.52. The van der Waals surface area contributed by atoms with Crippen LogP contribution in [-0.2, 0) is 9.53 Å². The highest BCUT2D eigenvalue weighted by Crippen LogP contribution is 2.26. The zero-order valence-electron chi connectivity index (χ0n) is 15.6. The van der Waals surface area contributed by atoms with Gasteiger partial charge in [0.2, 0.25) is 5.91 Å². The van der Waals surface area contributed by atoms with Crippen LogP contribution < -0.4 is 5.32 Å². The van der Waals surface area contributed by atoms with Crippen molar-refractivity contribution in [1.29, 1.82) is 0 Å². The van der Waals surface area contributed by atoms with Gasteiger partial charge in [0.1, 0.15) is 0 Å². The summed E-state index contributed by atoms with van der Waals surface area (Å²) in [5.74, 6) is 0.583. The van der Waals surface area contributed by atoms with Crippen molar-refractivity contribution in [2.75, 3.05) is 45.9 Å². The molecule has 5 nitrogen and oxygen atoms in total. The Kier molecular flexibility index (Phi) is 5.88. The predicted molar refractivity (Wildman–Crippen MR) is 102 cm³/mol. The van der Waals surface area contributed by atoms with Gasteiger partial charge in [-0.15, -0.1) is 0 Å². The molecule has 26 heavy (non-hydrogen) atoms. The third kappa shape index (κ3) is 4.11. The molecular formula is C21H31N3O2. The van der Waals surface area contributed by atoms with Crippen molar-refractivity contribution in [3.63, 3.8) is 0 Å². The van der Waals surface area contributed by atoms with E-state index < -0.39 is 0 Å². The van der Waals surface area contributed by atoms with Crippen molar-refractivity contribution in [2.45, 2.75) is 37.8 Å². The summed E-state index contributed by atoms with van der Waals surface area (Å²) in [7, 11) is 0. The van der Waals surface area contributed by atoms with Gasteiger partial charge in [0.05, 0.1) is 0 Å². The van der Waals surface area contributed by atoms with Crippen LogP contribution in [0, 0.1) is 5.92 Å². The van der Waals surface area contributed by atoms with Crippen LogP contribution in [0.3, 0.4) is 0 Å². The second kappa shape index (κ2) is 8.51. The third-order valence-electron chi connectivity index (χ3n) is 6.28. The Bertz CT molecular complexity index is 580. The van der Waals surface area contributed by atoms with E-state index in [0.29, 0.717) is 11.9 Å². The molecule has 0 aromatic heterocycles. The monoisotopic (exact) mass is 357 g/mol. The molecule has 1 aromatic carbocycles. The van der Waals surface area contributed by atoms with Crippen LogP contribution in [0.1, 0.15) is 37.3 Å². The number of likely N-dealkylation sites (tertiary alicyclic amines) is 1. The van der Waals surface area contributed by atoms with E-state index >= 15 is 0 Å². The number of nitrogens with one attached hydrogen (secondary N) is 1. The average molecular weight is 357 g/mol. The van der Waals surface area contributed by atoms with E-state index in [1.54, 1.807) is 0 Å². The molecule has 0 spiro atoms. The lowest BCUT2D eigenvalue weighted by molar-refractivity contribution is -0.138. The maximum Gasteiger partial charge on any atom is 0.225 e. The molecule has 1 amide bonds. The molecule has 3 aliphatic heterocycles. The summed E-state index contributed by atoms with van der Waals surface area (Å²) in [4.78, 5) is 17.8. The Hall–Kier alpha value is -1.43. The standard InChI is InChI=1S/C21H31N3O2/c25-21(18-6-11-23(12-7-18)19-8-14-26-15-9-19)24-13-10-22-20(16-24)17-4-2-1-3-5-17/h1-5,18-20,22H,6-16H2/t20-/m0/s1. The maximum atomic E-state index is 13.1. The highest BCUT2D eigenvalue weighted by molar-refractivity contribution is 5.79. The van der Waals surface area contributed by atoms with Crippen LogP contribution in [0.4, 0.5) is 0 Å². The summed E-state index contributed by atoms with van der Waals surface area (Å²) in [6.07, 6.45) is 4.32. The van der Waals surface area contributed by atoms with Gasteiger partial charge in [-0.3, -0.25) is 4.79 Å². The molecule has 1 aromatic rings. The first-order valence-electron chi connectivity index (χ1n) is 10.2. The van der Waals surface area contributed by atoms with Crippen LogP contribution in [0.2, 0.25) is 0 Å². The molecule has 1 atom stereocenters. The molecule has 3 heterocycles. The van der Waals surface area contributed by atoms with Crippen molar-refractivity contribution < 1.29 is 9.53 Å². The summed E-state index contributed by atoms with van der Waals surface area (Å²) >= 11 is 0. The van der Waals surface area contributed by atoms with Crippen LogP contribution in [0.15, 0.2) is 30.3 Å². The largest absolute Gasteiger partial charge is 0.381 e. The number of ether oxygens (including phenoxy) is 1. The zero-order valence-corrected chi connectivity index (χ0v) is 15.6. The fourth-order valence-electron chi connectivity index (χ4n) is 4.68. The lowest BCUT2D eigenvalue weighted by atomic mass is 9.92. The Balaban J connectivity index is 1.30. The number of nitrogens with zero attached hydrogens (tertiary/aromatic N) is 2. The quantitative estimate of drug-likeness (QED) is 0.899. The molecular weight excluding hydrogens is 326 g/mol. The molecule has 5 heteroatoms. The van der Waals surface area contributed by atoms with Crippen LogP contribution in [0.25, 0.3) is 0 Å². The van der Waals surface area contributed by atoms with Gasteiger partial charge in [0, 0.05) is 50.8 Å². The number of benzene rings is 1. The molecule has 4 rings (SSSR count). The highest BCUT2D eigenvalue weighted by Gasteiger charge is 2.33. The van der Waals surface area contributed by atoms with E-state index in [4.69, 9.17) is 4.74 Å². The molecule has 0 aliphatic carbocycles. The fraction of sp³-hybridized carbons (Fsp3) is 0.667. The summed E-state index contributed by atoms with van der Waals surface area (Å²) in [6.45, 7) is 6.43. The number of carbonyl (C=O) groups excluding carboxylic acids is 1. The predicted octanol–water partition coefficient (Wildman–Crippen LogP) is 2.05. The van der Waals surface area contributed by atoms with Crippen LogP contribution >= 0.6 is 0 Å². The number of carbonyl (C=O) groups is 1. The van der Waals surface area contributed by atoms with E-state index in [2.05, 4.69) is 39.4 Å². The van der Waals surface area contributed by atoms with Gasteiger partial charge in [-0.1, -0.05) is 30.3 Å². The number of rotatable bonds is 3. The first kappa shape index (κ1) is 18.0. The first-order chi connectivity index (χ1) is 12.8. The first-order valence-corrected chi connectivity index (χ1v) is 10.2. The maximum absolute atomic E-state index is 13.1. The Morgan fingerprint density at radius 1 is 1.00 bits per heavy atom. The van der Waals surface area contributed by atoms with E-state index in [1.807, 2.05) is 6.07 Å². The smallest absolute Gasteiger partial charge is 0.225 e. The van der Waals surface area contributed by atoms with Gasteiger partial charge in [-0.2, -0.15) is 0 Å². The minimum Gasteiger partial charge on any atom is -0.381 e. The van der Waals surface area contributed by atoms with Gasteiger partial charge in [-0.25, -0.2) is 0 Å². The fourth-order valence-corrected chi connectivity index (χ4v) is 4.68. The van der Waals surface area contributed by atoms with Crippen molar-refractivity contribution in [2.24, 2.45) is 5.92 Å². The topological polar surface area (TPSA) is 44.8 Å². The van der Waals surface area contributed by atoms with Gasteiger partial charge in [0.25, 0.3) is 0 Å². The highest BCUT2D eigenvalue weighted by atomic mass is 16.5. The van der Waals surface area contributed by atoms with Gasteiger partial charge >= 0.3 is 0 Å². The van der Waals surface area contributed by atoms with Gasteiger partial charge < -0.3 is 19.9 Å². The summed E-state index contributed by atoms with van der Waals surface area (Å²) in [6, 6.07) is 11.4. The normalized spacial score (nSPS) is 26.8. The van der Waals surface area contributed by atoms with E-state index in [0.717, 1.165) is 71.6 Å². The second-order valence-corrected chi connectivity index (χ2v) is 7.86. The molecule has 3 aliphatic rings. The number of hydrogen-bond donors (Lipinski definition) is 1. The Morgan fingerprint density at radius 3 is 2.46 bits per heavy atom. The molecule has 0 saturated carbocycles. The molecule has 3 fully saturated rings. The summed E-state index contributed by atoms with van der Waals surface area (Å²) in [5, 5.41) is 3.56. The molecule has 142 valence electrons. The number of amides is 1. The van der Waals surface area contributed by atoms with Crippen molar-refractivity contribution in [3.8, 4) is 0 Å². The summed E-state index contributed by atoms with van der Waals surface area (Å²) in [5.41, 5.74) is 1.28. The van der Waals surface area contributed by atoms with Crippen LogP contribution in [-0.4, -0.2) is 67.7 Å². The molecule has 1 N–H and O–H groups in total. The van der Waals surface area contributed by atoms with Crippen molar-refractivity contribution in [3.05, 3.63) is 35.9 Å². The number of piperazine rings is 1. The zero-order chi connectivity index (χ0) is 17.8. The average Bonchev–Trinajstić information content (AvgIpc) is 2.75. The third-order valence-corrected chi connectivity index (χ3v) is 6.28. The lowest BCUT2D eigenvalue weighted by Gasteiger charge is -2.41. The van der Waals surface area contributed by atoms with E-state index in [-0.39, 0.29) is 12.0 Å². The minimum atomic E-state index is 0.209. The summed E-state index contributed by atoms with van der Waals surface area (Å²) < 4.78 is 5.48. The van der Waals surface area contributed by atoms with Crippen molar-refractivity contribution in [1.82, 2.24) is 15.1 Å². The molecule has 0 bridgehead atoms. The number of piperidine rings is 1. The molecule has 3 saturated heterocycles. The molecule has 0 unspecified atom stereocenters. The second-order valence-electron chi connectivity index (χ2n) is 7.86. The van der Waals surface area contributed by atoms with E-state index in [9.17, 15) is 4.79 Å². The van der Waals surface area contributed by atoms with Crippen LogP contribution in [0.5, 0.6) is 0 Å². The minimum absolute atomic E-state index is 0.209.